The van der Waals surface area contributed by atoms with E-state index < -0.39 is 0 Å². The average molecular weight is 388 g/mol. The predicted molar refractivity (Wildman–Crippen MR) is 103 cm³/mol. The summed E-state index contributed by atoms with van der Waals surface area (Å²) in [5.41, 5.74) is 0.954. The summed E-state index contributed by atoms with van der Waals surface area (Å²) >= 11 is 1.40. The molecule has 0 aliphatic heterocycles. The van der Waals surface area contributed by atoms with E-state index in [2.05, 4.69) is 15.5 Å². The number of nitrogens with one attached hydrogen (secondary N) is 1. The first-order chi connectivity index (χ1) is 13.1. The lowest BCUT2D eigenvalue weighted by Crippen LogP contribution is -2.34. The molecule has 0 bridgehead atoms. The van der Waals surface area contributed by atoms with Gasteiger partial charge in [-0.3, -0.25) is 14.4 Å². The normalized spacial score (nSPS) is 19.5. The van der Waals surface area contributed by atoms with E-state index in [1.165, 1.54) is 23.5 Å². The highest BCUT2D eigenvalue weighted by molar-refractivity contribution is 7.15. The standard InChI is InChI=1S/C19H24N4O3S/c1-23(26-2)18(25)15-10-6-9-14(12-15)17-21-22-19(27-17)20-16(24)11-13-7-4-3-5-8-13/h3-5,7-8,14-15H,6,9-12H2,1-2H3,(H,20,22,24)/t14-,15-/m0/s1. The Bertz CT molecular complexity index is 780. The molecule has 1 aliphatic carbocycles. The molecule has 2 atom stereocenters. The Labute approximate surface area is 162 Å². The fourth-order valence-corrected chi connectivity index (χ4v) is 4.29. The van der Waals surface area contributed by atoms with Crippen molar-refractivity contribution in [3.63, 3.8) is 0 Å². The van der Waals surface area contributed by atoms with E-state index in [0.717, 1.165) is 36.3 Å². The molecule has 1 aromatic carbocycles. The van der Waals surface area contributed by atoms with E-state index in [-0.39, 0.29) is 23.7 Å². The lowest BCUT2D eigenvalue weighted by Gasteiger charge is -2.29. The molecule has 0 unspecified atom stereocenters. The molecule has 1 aliphatic rings. The summed E-state index contributed by atoms with van der Waals surface area (Å²) in [6.45, 7) is 0. The molecule has 3 rings (SSSR count). The number of amides is 2. The van der Waals surface area contributed by atoms with Crippen molar-refractivity contribution < 1.29 is 14.4 Å². The first-order valence-electron chi connectivity index (χ1n) is 9.05. The fourth-order valence-electron chi connectivity index (χ4n) is 3.38. The SMILES string of the molecule is CON(C)C(=O)[C@H]1CCC[C@H](c2nnc(NC(=O)Cc3ccccc3)s2)C1. The smallest absolute Gasteiger partial charge is 0.248 e. The van der Waals surface area contributed by atoms with Gasteiger partial charge in [-0.15, -0.1) is 10.2 Å². The van der Waals surface area contributed by atoms with Gasteiger partial charge >= 0.3 is 0 Å². The van der Waals surface area contributed by atoms with Gasteiger partial charge in [-0.05, 0) is 24.8 Å². The number of rotatable bonds is 6. The van der Waals surface area contributed by atoms with E-state index in [1.807, 2.05) is 30.3 Å². The Morgan fingerprint density at radius 1 is 1.26 bits per heavy atom. The van der Waals surface area contributed by atoms with E-state index in [4.69, 9.17) is 4.84 Å². The van der Waals surface area contributed by atoms with Gasteiger partial charge in [0, 0.05) is 18.9 Å². The maximum absolute atomic E-state index is 12.3. The van der Waals surface area contributed by atoms with Gasteiger partial charge in [-0.25, -0.2) is 5.06 Å². The Morgan fingerprint density at radius 2 is 2.04 bits per heavy atom. The van der Waals surface area contributed by atoms with Crippen molar-refractivity contribution in [3.05, 3.63) is 40.9 Å². The minimum Gasteiger partial charge on any atom is -0.300 e. The van der Waals surface area contributed by atoms with E-state index in [9.17, 15) is 9.59 Å². The van der Waals surface area contributed by atoms with Crippen LogP contribution in [0.4, 0.5) is 5.13 Å². The number of nitrogens with zero attached hydrogens (tertiary/aromatic N) is 3. The fraction of sp³-hybridized carbons (Fsp3) is 0.474. The van der Waals surface area contributed by atoms with Crippen LogP contribution in [0.15, 0.2) is 30.3 Å². The molecule has 2 aromatic rings. The molecule has 0 spiro atoms. The zero-order valence-electron chi connectivity index (χ0n) is 15.6. The zero-order valence-corrected chi connectivity index (χ0v) is 16.4. The van der Waals surface area contributed by atoms with Crippen LogP contribution in [-0.2, 0) is 20.8 Å². The predicted octanol–water partition coefficient (Wildman–Crippen LogP) is 3.01. The molecular weight excluding hydrogens is 364 g/mol. The number of hydroxylamine groups is 2. The highest BCUT2D eigenvalue weighted by atomic mass is 32.1. The number of hydrogen-bond donors (Lipinski definition) is 1. The van der Waals surface area contributed by atoms with Crippen molar-refractivity contribution in [1.29, 1.82) is 0 Å². The molecule has 8 heteroatoms. The summed E-state index contributed by atoms with van der Waals surface area (Å²) in [6, 6.07) is 9.58. The monoisotopic (exact) mass is 388 g/mol. The van der Waals surface area contributed by atoms with Gasteiger partial charge in [-0.1, -0.05) is 48.1 Å². The molecular formula is C19H24N4O3S. The second kappa shape index (κ2) is 9.05. The summed E-state index contributed by atoms with van der Waals surface area (Å²) in [5.74, 6) is 0.0226. The summed E-state index contributed by atoms with van der Waals surface area (Å²) in [4.78, 5) is 29.5. The van der Waals surface area contributed by atoms with Crippen molar-refractivity contribution in [2.75, 3.05) is 19.5 Å². The Balaban J connectivity index is 1.58. The molecule has 144 valence electrons. The van der Waals surface area contributed by atoms with Gasteiger partial charge in [0.2, 0.25) is 16.9 Å². The van der Waals surface area contributed by atoms with Gasteiger partial charge in [0.05, 0.1) is 13.5 Å². The third kappa shape index (κ3) is 5.11. The lowest BCUT2D eigenvalue weighted by atomic mass is 9.81. The van der Waals surface area contributed by atoms with Gasteiger partial charge < -0.3 is 5.32 Å². The zero-order chi connectivity index (χ0) is 19.2. The second-order valence-corrected chi connectivity index (χ2v) is 7.74. The minimum absolute atomic E-state index is 0.00287. The Kier molecular flexibility index (Phi) is 6.52. The van der Waals surface area contributed by atoms with E-state index >= 15 is 0 Å². The molecule has 0 saturated heterocycles. The third-order valence-electron chi connectivity index (χ3n) is 4.85. The maximum Gasteiger partial charge on any atom is 0.248 e. The van der Waals surface area contributed by atoms with E-state index in [1.54, 1.807) is 7.05 Å². The number of benzene rings is 1. The van der Waals surface area contributed by atoms with E-state index in [0.29, 0.717) is 11.6 Å². The minimum atomic E-state index is -0.109. The second-order valence-electron chi connectivity index (χ2n) is 6.73. The highest BCUT2D eigenvalue weighted by Gasteiger charge is 2.32. The Hall–Kier alpha value is -2.32. The van der Waals surface area contributed by atoms with Crippen molar-refractivity contribution in [3.8, 4) is 0 Å². The molecule has 7 nitrogen and oxygen atoms in total. The van der Waals surface area contributed by atoms with Crippen molar-refractivity contribution >= 4 is 28.3 Å². The van der Waals surface area contributed by atoms with Crippen LogP contribution in [0.25, 0.3) is 0 Å². The van der Waals surface area contributed by atoms with Gasteiger partial charge in [0.15, 0.2) is 0 Å². The van der Waals surface area contributed by atoms with Gasteiger partial charge in [0.25, 0.3) is 0 Å². The lowest BCUT2D eigenvalue weighted by molar-refractivity contribution is -0.174. The van der Waals surface area contributed by atoms with Crippen LogP contribution in [0.1, 0.15) is 42.2 Å². The molecule has 2 amide bonds. The molecule has 1 aromatic heterocycles. The third-order valence-corrected chi connectivity index (χ3v) is 5.85. The number of carbonyl (C=O) groups excluding carboxylic acids is 2. The van der Waals surface area contributed by atoms with Crippen LogP contribution < -0.4 is 5.32 Å². The van der Waals surface area contributed by atoms with Crippen molar-refractivity contribution in [1.82, 2.24) is 15.3 Å². The molecule has 1 fully saturated rings. The summed E-state index contributed by atoms with van der Waals surface area (Å²) < 4.78 is 0. The first-order valence-corrected chi connectivity index (χ1v) is 9.87. The van der Waals surface area contributed by atoms with Crippen LogP contribution in [0.3, 0.4) is 0 Å². The quantitative estimate of drug-likeness (QED) is 0.769. The van der Waals surface area contributed by atoms with Crippen LogP contribution in [-0.4, -0.2) is 41.2 Å². The van der Waals surface area contributed by atoms with Crippen molar-refractivity contribution in [2.45, 2.75) is 38.0 Å². The van der Waals surface area contributed by atoms with Crippen LogP contribution in [0, 0.1) is 5.92 Å². The molecule has 1 N–H and O–H groups in total. The molecule has 27 heavy (non-hydrogen) atoms. The Morgan fingerprint density at radius 3 is 2.78 bits per heavy atom. The summed E-state index contributed by atoms with van der Waals surface area (Å²) in [6.07, 6.45) is 3.85. The summed E-state index contributed by atoms with van der Waals surface area (Å²) in [5, 5.41) is 13.9. The van der Waals surface area contributed by atoms with Gasteiger partial charge in [-0.2, -0.15) is 0 Å². The van der Waals surface area contributed by atoms with Crippen LogP contribution >= 0.6 is 11.3 Å². The number of aromatic nitrogens is 2. The number of hydrogen-bond acceptors (Lipinski definition) is 6. The van der Waals surface area contributed by atoms with Gasteiger partial charge in [0.1, 0.15) is 5.01 Å². The van der Waals surface area contributed by atoms with Crippen molar-refractivity contribution in [2.24, 2.45) is 5.92 Å². The average Bonchev–Trinajstić information content (AvgIpc) is 3.16. The van der Waals surface area contributed by atoms with Crippen LogP contribution in [0.2, 0.25) is 0 Å². The molecule has 1 saturated carbocycles. The largest absolute Gasteiger partial charge is 0.300 e. The topological polar surface area (TPSA) is 84.4 Å². The molecule has 0 radical (unpaired) electrons. The summed E-state index contributed by atoms with van der Waals surface area (Å²) in [7, 11) is 3.13. The first kappa shape index (κ1) is 19.4. The molecule has 1 heterocycles. The maximum atomic E-state index is 12.3. The number of anilines is 1. The van der Waals surface area contributed by atoms with Crippen LogP contribution in [0.5, 0.6) is 0 Å². The highest BCUT2D eigenvalue weighted by Crippen LogP contribution is 2.38. The number of carbonyl (C=O) groups is 2.